The highest BCUT2D eigenvalue weighted by Crippen LogP contribution is 2.39. The van der Waals surface area contributed by atoms with Crippen LogP contribution in [0.25, 0.3) is 22.0 Å². The van der Waals surface area contributed by atoms with Gasteiger partial charge in [-0.1, -0.05) is 36.4 Å². The van der Waals surface area contributed by atoms with Crippen LogP contribution >= 0.6 is 0 Å². The minimum atomic E-state index is 0.494. The lowest BCUT2D eigenvalue weighted by Crippen LogP contribution is -2.12. The molecule has 0 fully saturated rings. The van der Waals surface area contributed by atoms with Crippen LogP contribution in [-0.2, 0) is 6.42 Å². The second kappa shape index (κ2) is 4.97. The van der Waals surface area contributed by atoms with E-state index >= 15 is 0 Å². The molecule has 3 aromatic rings. The topological polar surface area (TPSA) is 24.9 Å². The van der Waals surface area contributed by atoms with Crippen molar-refractivity contribution in [3.05, 3.63) is 65.9 Å². The van der Waals surface area contributed by atoms with Crippen LogP contribution in [0, 0.1) is 0 Å². The predicted molar refractivity (Wildman–Crippen MR) is 87.3 cm³/mol. The summed E-state index contributed by atoms with van der Waals surface area (Å²) >= 11 is 0. The second-order valence-electron chi connectivity index (χ2n) is 5.63. The first-order chi connectivity index (χ1) is 10.4. The first kappa shape index (κ1) is 12.5. The highest BCUT2D eigenvalue weighted by atomic mass is 14.9. The Morgan fingerprint density at radius 1 is 1.00 bits per heavy atom. The Bertz CT molecular complexity index is 802. The Morgan fingerprint density at radius 3 is 2.76 bits per heavy atom. The van der Waals surface area contributed by atoms with E-state index in [1.165, 1.54) is 34.1 Å². The lowest BCUT2D eigenvalue weighted by atomic mass is 9.94. The summed E-state index contributed by atoms with van der Waals surface area (Å²) in [6.07, 6.45) is 4.19. The van der Waals surface area contributed by atoms with Crippen molar-refractivity contribution in [1.29, 1.82) is 0 Å². The highest BCUT2D eigenvalue weighted by molar-refractivity contribution is 5.95. The predicted octanol–water partition coefficient (Wildman–Crippen LogP) is 4.11. The number of fused-ring (bicyclic) bond motifs is 2. The van der Waals surface area contributed by atoms with E-state index in [-0.39, 0.29) is 0 Å². The molecule has 0 saturated carbocycles. The molecule has 0 amide bonds. The van der Waals surface area contributed by atoms with Crippen LogP contribution < -0.4 is 5.32 Å². The maximum atomic E-state index is 4.48. The molecule has 0 spiro atoms. The molecule has 4 rings (SSSR count). The highest BCUT2D eigenvalue weighted by Gasteiger charge is 2.23. The molecule has 104 valence electrons. The summed E-state index contributed by atoms with van der Waals surface area (Å²) in [5.74, 6) is 0. The molecule has 1 unspecified atom stereocenters. The number of benzene rings is 2. The van der Waals surface area contributed by atoms with Gasteiger partial charge in [-0.25, -0.2) is 0 Å². The quantitative estimate of drug-likeness (QED) is 0.760. The average Bonchev–Trinajstić information content (AvgIpc) is 2.97. The Morgan fingerprint density at radius 2 is 1.86 bits per heavy atom. The van der Waals surface area contributed by atoms with Gasteiger partial charge in [0, 0.05) is 17.6 Å². The molecule has 1 aliphatic rings. The second-order valence-corrected chi connectivity index (χ2v) is 5.63. The number of hydrogen-bond acceptors (Lipinski definition) is 2. The van der Waals surface area contributed by atoms with Crippen LogP contribution in [-0.4, -0.2) is 12.0 Å². The molecule has 1 aliphatic carbocycles. The van der Waals surface area contributed by atoms with Gasteiger partial charge in [-0.15, -0.1) is 0 Å². The zero-order valence-corrected chi connectivity index (χ0v) is 12.1. The van der Waals surface area contributed by atoms with Crippen molar-refractivity contribution in [2.45, 2.75) is 18.9 Å². The van der Waals surface area contributed by atoms with Crippen molar-refractivity contribution < 1.29 is 0 Å². The number of nitrogens with one attached hydrogen (secondary N) is 1. The standard InChI is InChI=1S/C19H18N2/c1-20-18-11-10-15-13(5-2-7-16(15)18)14-6-3-9-19-17(14)8-4-12-21-19/h2-9,12,18,20H,10-11H2,1H3. The van der Waals surface area contributed by atoms with Crippen LogP contribution in [0.5, 0.6) is 0 Å². The molecule has 0 saturated heterocycles. The van der Waals surface area contributed by atoms with Crippen molar-refractivity contribution in [1.82, 2.24) is 10.3 Å². The Labute approximate surface area is 124 Å². The summed E-state index contributed by atoms with van der Waals surface area (Å²) < 4.78 is 0. The molecular weight excluding hydrogens is 256 g/mol. The smallest absolute Gasteiger partial charge is 0.0708 e. The fourth-order valence-electron chi connectivity index (χ4n) is 3.54. The van der Waals surface area contributed by atoms with Crippen molar-refractivity contribution in [3.8, 4) is 11.1 Å². The molecular formula is C19H18N2. The fraction of sp³-hybridized carbons (Fsp3) is 0.211. The molecule has 0 aliphatic heterocycles. The molecule has 2 aromatic carbocycles. The van der Waals surface area contributed by atoms with E-state index in [9.17, 15) is 0 Å². The number of aromatic nitrogens is 1. The van der Waals surface area contributed by atoms with Gasteiger partial charge in [-0.05, 0) is 54.3 Å². The van der Waals surface area contributed by atoms with Gasteiger partial charge in [0.1, 0.15) is 0 Å². The molecule has 1 atom stereocenters. The summed E-state index contributed by atoms with van der Waals surface area (Å²) in [5, 5.41) is 4.66. The van der Waals surface area contributed by atoms with Crippen LogP contribution in [0.3, 0.4) is 0 Å². The summed E-state index contributed by atoms with van der Waals surface area (Å²) in [5.41, 5.74) is 6.68. The first-order valence-electron chi connectivity index (χ1n) is 7.51. The van der Waals surface area contributed by atoms with Crippen LogP contribution in [0.2, 0.25) is 0 Å². The third-order valence-electron chi connectivity index (χ3n) is 4.56. The molecule has 1 N–H and O–H groups in total. The largest absolute Gasteiger partial charge is 0.313 e. The zero-order chi connectivity index (χ0) is 14.2. The minimum absolute atomic E-state index is 0.494. The van der Waals surface area contributed by atoms with E-state index < -0.39 is 0 Å². The lowest BCUT2D eigenvalue weighted by Gasteiger charge is -2.13. The van der Waals surface area contributed by atoms with E-state index in [0.717, 1.165) is 11.9 Å². The van der Waals surface area contributed by atoms with Gasteiger partial charge in [0.25, 0.3) is 0 Å². The average molecular weight is 274 g/mol. The maximum absolute atomic E-state index is 4.48. The van der Waals surface area contributed by atoms with Crippen molar-refractivity contribution in [2.24, 2.45) is 0 Å². The normalized spacial score (nSPS) is 17.1. The third kappa shape index (κ3) is 1.95. The number of rotatable bonds is 2. The van der Waals surface area contributed by atoms with Gasteiger partial charge in [-0.2, -0.15) is 0 Å². The fourth-order valence-corrected chi connectivity index (χ4v) is 3.54. The van der Waals surface area contributed by atoms with Gasteiger partial charge in [-0.3, -0.25) is 4.98 Å². The third-order valence-corrected chi connectivity index (χ3v) is 4.56. The molecule has 1 heterocycles. The maximum Gasteiger partial charge on any atom is 0.0708 e. The molecule has 2 nitrogen and oxygen atoms in total. The zero-order valence-electron chi connectivity index (χ0n) is 12.1. The van der Waals surface area contributed by atoms with Gasteiger partial charge >= 0.3 is 0 Å². The van der Waals surface area contributed by atoms with E-state index in [0.29, 0.717) is 6.04 Å². The van der Waals surface area contributed by atoms with Gasteiger partial charge in [0.05, 0.1) is 5.52 Å². The summed E-state index contributed by atoms with van der Waals surface area (Å²) in [4.78, 5) is 4.48. The van der Waals surface area contributed by atoms with E-state index in [1.807, 2.05) is 19.3 Å². The van der Waals surface area contributed by atoms with Crippen LogP contribution in [0.1, 0.15) is 23.6 Å². The van der Waals surface area contributed by atoms with Gasteiger partial charge in [0.2, 0.25) is 0 Å². The summed E-state index contributed by atoms with van der Waals surface area (Å²) in [7, 11) is 2.05. The monoisotopic (exact) mass is 274 g/mol. The first-order valence-corrected chi connectivity index (χ1v) is 7.51. The SMILES string of the molecule is CNC1CCc2c(-c3cccc4ncccc34)cccc21. The molecule has 2 heteroatoms. The van der Waals surface area contributed by atoms with Gasteiger partial charge < -0.3 is 5.32 Å². The van der Waals surface area contributed by atoms with E-state index in [1.54, 1.807) is 0 Å². The van der Waals surface area contributed by atoms with Crippen molar-refractivity contribution in [2.75, 3.05) is 7.05 Å². The van der Waals surface area contributed by atoms with E-state index in [2.05, 4.69) is 52.8 Å². The molecule has 21 heavy (non-hydrogen) atoms. The number of pyridine rings is 1. The van der Waals surface area contributed by atoms with Gasteiger partial charge in [0.15, 0.2) is 0 Å². The molecule has 0 radical (unpaired) electrons. The molecule has 1 aromatic heterocycles. The number of hydrogen-bond donors (Lipinski definition) is 1. The Balaban J connectivity index is 1.97. The Kier molecular flexibility index (Phi) is 2.97. The van der Waals surface area contributed by atoms with Crippen molar-refractivity contribution >= 4 is 10.9 Å². The minimum Gasteiger partial charge on any atom is -0.313 e. The van der Waals surface area contributed by atoms with Crippen LogP contribution in [0.15, 0.2) is 54.7 Å². The van der Waals surface area contributed by atoms with Crippen LogP contribution in [0.4, 0.5) is 0 Å². The number of nitrogens with zero attached hydrogens (tertiary/aromatic N) is 1. The summed E-state index contributed by atoms with van der Waals surface area (Å²) in [6, 6.07) is 17.8. The van der Waals surface area contributed by atoms with E-state index in [4.69, 9.17) is 0 Å². The summed E-state index contributed by atoms with van der Waals surface area (Å²) in [6.45, 7) is 0. The lowest BCUT2D eigenvalue weighted by molar-refractivity contribution is 0.590. The molecule has 0 bridgehead atoms. The Hall–Kier alpha value is -2.19. The van der Waals surface area contributed by atoms with Crippen molar-refractivity contribution in [3.63, 3.8) is 0 Å².